The van der Waals surface area contributed by atoms with Gasteiger partial charge in [0.2, 0.25) is 0 Å². The largest absolute Gasteiger partial charge is 0.465 e. The van der Waals surface area contributed by atoms with Gasteiger partial charge in [-0.15, -0.1) is 0 Å². The summed E-state index contributed by atoms with van der Waals surface area (Å²) in [5.74, 6) is -0.254. The summed E-state index contributed by atoms with van der Waals surface area (Å²) in [6, 6.07) is -0.368. The zero-order valence-corrected chi connectivity index (χ0v) is 10.5. The maximum atomic E-state index is 11.5. The van der Waals surface area contributed by atoms with Gasteiger partial charge in [0, 0.05) is 20.3 Å². The molecule has 5 heteroatoms. The van der Waals surface area contributed by atoms with Crippen LogP contribution < -0.4 is 5.32 Å². The van der Waals surface area contributed by atoms with E-state index < -0.39 is 0 Å². The van der Waals surface area contributed by atoms with Crippen molar-refractivity contribution in [3.05, 3.63) is 0 Å². The molecule has 0 aromatic heterocycles. The van der Waals surface area contributed by atoms with Crippen molar-refractivity contribution in [2.75, 3.05) is 40.1 Å². The third-order valence-corrected chi connectivity index (χ3v) is 1.94. The summed E-state index contributed by atoms with van der Waals surface area (Å²) >= 11 is 0. The number of nitrogens with one attached hydrogen (secondary N) is 1. The van der Waals surface area contributed by atoms with Gasteiger partial charge in [-0.2, -0.15) is 0 Å². The first kappa shape index (κ1) is 15.3. The van der Waals surface area contributed by atoms with Crippen molar-refractivity contribution in [2.45, 2.75) is 26.3 Å². The molecule has 0 aliphatic carbocycles. The quantitative estimate of drug-likeness (QED) is 0.442. The summed E-state index contributed by atoms with van der Waals surface area (Å²) in [7, 11) is 1.65. The van der Waals surface area contributed by atoms with Gasteiger partial charge in [0.1, 0.15) is 6.04 Å². The monoisotopic (exact) mass is 233 g/mol. The molecule has 0 heterocycles. The maximum Gasteiger partial charge on any atom is 0.325 e. The molecule has 0 fully saturated rings. The molecule has 0 radical (unpaired) electrons. The number of methoxy groups -OCH3 is 1. The second-order valence-electron chi connectivity index (χ2n) is 3.28. The lowest BCUT2D eigenvalue weighted by Crippen LogP contribution is -2.41. The lowest BCUT2D eigenvalue weighted by molar-refractivity contribution is -0.147. The Kier molecular flexibility index (Phi) is 10.4. The van der Waals surface area contributed by atoms with Crippen molar-refractivity contribution in [1.82, 2.24) is 5.32 Å². The van der Waals surface area contributed by atoms with Crippen molar-refractivity contribution < 1.29 is 19.0 Å². The highest BCUT2D eigenvalue weighted by Crippen LogP contribution is 1.93. The van der Waals surface area contributed by atoms with E-state index in [4.69, 9.17) is 14.2 Å². The summed E-state index contributed by atoms with van der Waals surface area (Å²) < 4.78 is 15.2. The third kappa shape index (κ3) is 7.62. The molecule has 0 bridgehead atoms. The predicted octanol–water partition coefficient (Wildman–Crippen LogP) is 0.581. The number of hydrogen-bond donors (Lipinski definition) is 1. The molecule has 0 aromatic rings. The number of ether oxygens (including phenoxy) is 3. The first-order valence-corrected chi connectivity index (χ1v) is 5.72. The van der Waals surface area contributed by atoms with Crippen LogP contribution in [0, 0.1) is 0 Å². The summed E-state index contributed by atoms with van der Waals surface area (Å²) in [6.45, 7) is 6.45. The minimum atomic E-state index is -0.368. The normalized spacial score (nSPS) is 12.4. The van der Waals surface area contributed by atoms with Crippen LogP contribution in [0.15, 0.2) is 0 Å². The maximum absolute atomic E-state index is 11.5. The summed E-state index contributed by atoms with van der Waals surface area (Å²) in [4.78, 5) is 11.5. The molecule has 0 spiro atoms. The molecule has 0 aliphatic heterocycles. The van der Waals surface area contributed by atoms with Gasteiger partial charge in [0.25, 0.3) is 0 Å². The van der Waals surface area contributed by atoms with E-state index in [0.717, 1.165) is 6.42 Å². The Morgan fingerprint density at radius 2 is 2.06 bits per heavy atom. The summed E-state index contributed by atoms with van der Waals surface area (Å²) in [5.41, 5.74) is 0. The molecule has 0 saturated carbocycles. The Balaban J connectivity index is 3.71. The van der Waals surface area contributed by atoms with Gasteiger partial charge in [-0.05, 0) is 19.9 Å². The fraction of sp³-hybridized carbons (Fsp3) is 0.909. The Hall–Kier alpha value is -0.650. The van der Waals surface area contributed by atoms with Crippen LogP contribution in [-0.4, -0.2) is 52.1 Å². The lowest BCUT2D eigenvalue weighted by Gasteiger charge is -2.16. The number of hydrogen-bond acceptors (Lipinski definition) is 5. The van der Waals surface area contributed by atoms with Crippen LogP contribution in [0.5, 0.6) is 0 Å². The molecule has 16 heavy (non-hydrogen) atoms. The van der Waals surface area contributed by atoms with E-state index >= 15 is 0 Å². The van der Waals surface area contributed by atoms with Gasteiger partial charge in [0.05, 0.1) is 13.2 Å². The van der Waals surface area contributed by atoms with Gasteiger partial charge < -0.3 is 19.5 Å². The summed E-state index contributed by atoms with van der Waals surface area (Å²) in [5, 5.41) is 3.03. The molecule has 96 valence electrons. The molecular weight excluding hydrogens is 210 g/mol. The topological polar surface area (TPSA) is 56.8 Å². The van der Waals surface area contributed by atoms with Crippen molar-refractivity contribution >= 4 is 5.97 Å². The molecule has 0 amide bonds. The molecule has 1 unspecified atom stereocenters. The van der Waals surface area contributed by atoms with Crippen LogP contribution in [0.25, 0.3) is 0 Å². The van der Waals surface area contributed by atoms with Crippen molar-refractivity contribution in [1.29, 1.82) is 0 Å². The highest BCUT2D eigenvalue weighted by Gasteiger charge is 2.18. The van der Waals surface area contributed by atoms with Crippen LogP contribution >= 0.6 is 0 Å². The van der Waals surface area contributed by atoms with E-state index in [1.54, 1.807) is 14.0 Å². The average molecular weight is 233 g/mol. The third-order valence-electron chi connectivity index (χ3n) is 1.94. The first-order valence-electron chi connectivity index (χ1n) is 5.72. The molecule has 0 aromatic carbocycles. The smallest absolute Gasteiger partial charge is 0.325 e. The number of likely N-dealkylation sites (N-methyl/N-ethyl adjacent to an activating group) is 1. The number of carbonyl (C=O) groups excluding carboxylic acids is 1. The highest BCUT2D eigenvalue weighted by molar-refractivity contribution is 5.75. The van der Waals surface area contributed by atoms with Gasteiger partial charge in [-0.3, -0.25) is 4.79 Å². The van der Waals surface area contributed by atoms with Gasteiger partial charge in [0.15, 0.2) is 0 Å². The summed E-state index contributed by atoms with van der Waals surface area (Å²) in [6.07, 6.45) is 0.832. The van der Waals surface area contributed by atoms with Crippen LogP contribution in [0.4, 0.5) is 0 Å². The Bertz CT molecular complexity index is 175. The SMILES string of the molecule is CCNC(COCCCOC)C(=O)OCC. The van der Waals surface area contributed by atoms with E-state index in [2.05, 4.69) is 5.32 Å². The van der Waals surface area contributed by atoms with E-state index in [1.807, 2.05) is 6.92 Å². The Morgan fingerprint density at radius 3 is 2.62 bits per heavy atom. The van der Waals surface area contributed by atoms with Crippen molar-refractivity contribution in [3.8, 4) is 0 Å². The fourth-order valence-corrected chi connectivity index (χ4v) is 1.21. The number of esters is 1. The highest BCUT2D eigenvalue weighted by atomic mass is 16.5. The second-order valence-corrected chi connectivity index (χ2v) is 3.28. The van der Waals surface area contributed by atoms with Gasteiger partial charge in [-0.1, -0.05) is 6.92 Å². The molecular formula is C11H23NO4. The Morgan fingerprint density at radius 1 is 1.31 bits per heavy atom. The van der Waals surface area contributed by atoms with E-state index in [1.165, 1.54) is 0 Å². The standard InChI is InChI=1S/C11H23NO4/c1-4-12-10(11(13)16-5-2)9-15-8-6-7-14-3/h10,12H,4-9H2,1-3H3. The van der Waals surface area contributed by atoms with Crippen molar-refractivity contribution in [3.63, 3.8) is 0 Å². The van der Waals surface area contributed by atoms with Crippen molar-refractivity contribution in [2.24, 2.45) is 0 Å². The van der Waals surface area contributed by atoms with Crippen LogP contribution in [0.2, 0.25) is 0 Å². The van der Waals surface area contributed by atoms with E-state index in [9.17, 15) is 4.79 Å². The molecule has 0 rings (SSSR count). The number of carbonyl (C=O) groups is 1. The van der Waals surface area contributed by atoms with Crippen LogP contribution in [-0.2, 0) is 19.0 Å². The fourth-order valence-electron chi connectivity index (χ4n) is 1.21. The van der Waals surface area contributed by atoms with Gasteiger partial charge >= 0.3 is 5.97 Å². The zero-order valence-electron chi connectivity index (χ0n) is 10.5. The molecule has 0 saturated heterocycles. The van der Waals surface area contributed by atoms with Gasteiger partial charge in [-0.25, -0.2) is 0 Å². The predicted molar refractivity (Wildman–Crippen MR) is 61.4 cm³/mol. The molecule has 5 nitrogen and oxygen atoms in total. The Labute approximate surface area is 97.4 Å². The number of rotatable bonds is 10. The van der Waals surface area contributed by atoms with E-state index in [0.29, 0.717) is 33.0 Å². The lowest BCUT2D eigenvalue weighted by atomic mass is 10.3. The molecule has 1 atom stereocenters. The van der Waals surface area contributed by atoms with E-state index in [-0.39, 0.29) is 12.0 Å². The zero-order chi connectivity index (χ0) is 12.2. The minimum Gasteiger partial charge on any atom is -0.465 e. The average Bonchev–Trinajstić information content (AvgIpc) is 2.27. The van der Waals surface area contributed by atoms with Crippen LogP contribution in [0.1, 0.15) is 20.3 Å². The van der Waals surface area contributed by atoms with Crippen LogP contribution in [0.3, 0.4) is 0 Å². The second kappa shape index (κ2) is 10.9. The molecule has 0 aliphatic rings. The minimum absolute atomic E-state index is 0.254. The molecule has 1 N–H and O–H groups in total. The first-order chi connectivity index (χ1) is 7.76.